The largest absolute Gasteiger partial charge is 0.491 e. The molecule has 6 nitrogen and oxygen atoms in total. The zero-order valence-electron chi connectivity index (χ0n) is 14.8. The molecule has 25 heavy (non-hydrogen) atoms. The van der Waals surface area contributed by atoms with Gasteiger partial charge in [-0.05, 0) is 29.7 Å². The van der Waals surface area contributed by atoms with Gasteiger partial charge in [0.05, 0.1) is 12.6 Å². The van der Waals surface area contributed by atoms with Gasteiger partial charge in [0.15, 0.2) is 0 Å². The van der Waals surface area contributed by atoms with Crippen LogP contribution in [0.4, 0.5) is 0 Å². The molecule has 0 spiro atoms. The Morgan fingerprint density at radius 1 is 1.40 bits per heavy atom. The Bertz CT molecular complexity index is 713. The van der Waals surface area contributed by atoms with Gasteiger partial charge in [-0.1, -0.05) is 19.9 Å². The van der Waals surface area contributed by atoms with Crippen molar-refractivity contribution in [1.29, 1.82) is 0 Å². The van der Waals surface area contributed by atoms with Gasteiger partial charge in [-0.15, -0.1) is 0 Å². The molecule has 2 aromatic rings. The van der Waals surface area contributed by atoms with Gasteiger partial charge >= 0.3 is 0 Å². The van der Waals surface area contributed by atoms with Gasteiger partial charge in [0.2, 0.25) is 5.91 Å². The van der Waals surface area contributed by atoms with Gasteiger partial charge in [0.25, 0.3) is 0 Å². The number of rotatable bonds is 5. The van der Waals surface area contributed by atoms with E-state index in [1.54, 1.807) is 10.9 Å². The monoisotopic (exact) mass is 343 g/mol. The summed E-state index contributed by atoms with van der Waals surface area (Å²) in [5.74, 6) is 1.01. The van der Waals surface area contributed by atoms with Crippen molar-refractivity contribution >= 4 is 5.91 Å². The number of nitrogens with zero attached hydrogens (tertiary/aromatic N) is 3. The summed E-state index contributed by atoms with van der Waals surface area (Å²) in [4.78, 5) is 14.4. The molecular weight excluding hydrogens is 318 g/mol. The zero-order chi connectivity index (χ0) is 17.8. The first-order valence-corrected chi connectivity index (χ1v) is 8.73. The predicted molar refractivity (Wildman–Crippen MR) is 94.0 cm³/mol. The fourth-order valence-electron chi connectivity index (χ4n) is 3.00. The van der Waals surface area contributed by atoms with Gasteiger partial charge < -0.3 is 14.7 Å². The third kappa shape index (κ3) is 4.20. The topological polar surface area (TPSA) is 67.6 Å². The number of aromatic nitrogens is 2. The van der Waals surface area contributed by atoms with E-state index in [9.17, 15) is 9.90 Å². The lowest BCUT2D eigenvalue weighted by Crippen LogP contribution is -2.33. The van der Waals surface area contributed by atoms with E-state index in [1.165, 1.54) is 0 Å². The molecule has 1 aromatic carbocycles. The molecule has 0 fully saturated rings. The van der Waals surface area contributed by atoms with Gasteiger partial charge in [-0.3, -0.25) is 9.48 Å². The van der Waals surface area contributed by atoms with Crippen molar-refractivity contribution in [3.8, 4) is 5.75 Å². The maximum Gasteiger partial charge on any atom is 0.224 e. The van der Waals surface area contributed by atoms with E-state index in [0.717, 1.165) is 16.9 Å². The van der Waals surface area contributed by atoms with Crippen molar-refractivity contribution in [2.24, 2.45) is 5.92 Å². The Kier molecular flexibility index (Phi) is 5.38. The van der Waals surface area contributed by atoms with E-state index in [4.69, 9.17) is 4.74 Å². The van der Waals surface area contributed by atoms with Crippen molar-refractivity contribution in [2.45, 2.75) is 39.5 Å². The molecule has 1 atom stereocenters. The fraction of sp³-hybridized carbons (Fsp3) is 0.474. The van der Waals surface area contributed by atoms with Crippen LogP contribution in [0.25, 0.3) is 0 Å². The second-order valence-electron chi connectivity index (χ2n) is 6.74. The van der Waals surface area contributed by atoms with Crippen molar-refractivity contribution in [2.75, 3.05) is 13.2 Å². The number of aryl methyl sites for hydroxylation is 1. The molecule has 1 aromatic heterocycles. The maximum absolute atomic E-state index is 12.6. The zero-order valence-corrected chi connectivity index (χ0v) is 14.8. The standard InChI is InChI=1S/C19H25N3O3/c1-14(2)19(24)15-4-5-17-16(12-15)13-21(10-11-25-17)18(23)6-9-22-8-3-7-20-22/h3-5,7-8,12,14,19,24H,6,9-11,13H2,1-2H3. The lowest BCUT2D eigenvalue weighted by molar-refractivity contribution is -0.132. The summed E-state index contributed by atoms with van der Waals surface area (Å²) in [6.07, 6.45) is 3.46. The molecule has 1 unspecified atom stereocenters. The summed E-state index contributed by atoms with van der Waals surface area (Å²) in [6.45, 7) is 6.09. The number of benzene rings is 1. The minimum absolute atomic E-state index is 0.0850. The summed E-state index contributed by atoms with van der Waals surface area (Å²) < 4.78 is 7.54. The van der Waals surface area contributed by atoms with Crippen LogP contribution in [-0.2, 0) is 17.9 Å². The molecule has 134 valence electrons. The summed E-state index contributed by atoms with van der Waals surface area (Å²) in [5.41, 5.74) is 1.81. The summed E-state index contributed by atoms with van der Waals surface area (Å²) in [7, 11) is 0. The third-order valence-corrected chi connectivity index (χ3v) is 4.50. The van der Waals surface area contributed by atoms with Crippen LogP contribution in [0.5, 0.6) is 5.75 Å². The highest BCUT2D eigenvalue weighted by Crippen LogP contribution is 2.29. The predicted octanol–water partition coefficient (Wildman–Crippen LogP) is 2.38. The van der Waals surface area contributed by atoms with E-state index in [0.29, 0.717) is 32.7 Å². The van der Waals surface area contributed by atoms with Gasteiger partial charge in [0, 0.05) is 37.5 Å². The molecule has 2 heterocycles. The number of fused-ring (bicyclic) bond motifs is 1. The highest BCUT2D eigenvalue weighted by molar-refractivity contribution is 5.76. The molecule has 0 saturated carbocycles. The third-order valence-electron chi connectivity index (χ3n) is 4.50. The highest BCUT2D eigenvalue weighted by Gasteiger charge is 2.21. The smallest absolute Gasteiger partial charge is 0.224 e. The summed E-state index contributed by atoms with van der Waals surface area (Å²) >= 11 is 0. The number of hydrogen-bond donors (Lipinski definition) is 1. The van der Waals surface area contributed by atoms with E-state index in [-0.39, 0.29) is 11.8 Å². The second kappa shape index (κ2) is 7.70. The molecule has 0 radical (unpaired) electrons. The molecule has 3 rings (SSSR count). The molecule has 0 aliphatic carbocycles. The highest BCUT2D eigenvalue weighted by atomic mass is 16.5. The van der Waals surface area contributed by atoms with E-state index in [2.05, 4.69) is 5.10 Å². The van der Waals surface area contributed by atoms with Crippen molar-refractivity contribution < 1.29 is 14.6 Å². The van der Waals surface area contributed by atoms with Crippen LogP contribution in [0, 0.1) is 5.92 Å². The number of carbonyl (C=O) groups is 1. The number of hydrogen-bond acceptors (Lipinski definition) is 4. The first kappa shape index (κ1) is 17.5. The van der Waals surface area contributed by atoms with Crippen LogP contribution in [0.2, 0.25) is 0 Å². The number of aliphatic hydroxyl groups is 1. The quantitative estimate of drug-likeness (QED) is 0.905. The fourth-order valence-corrected chi connectivity index (χ4v) is 3.00. The van der Waals surface area contributed by atoms with Crippen LogP contribution < -0.4 is 4.74 Å². The van der Waals surface area contributed by atoms with Crippen molar-refractivity contribution in [3.63, 3.8) is 0 Å². The van der Waals surface area contributed by atoms with Gasteiger partial charge in [0.1, 0.15) is 12.4 Å². The molecule has 1 aliphatic rings. The normalized spacial score (nSPS) is 15.4. The average molecular weight is 343 g/mol. The lowest BCUT2D eigenvalue weighted by atomic mass is 9.97. The Labute approximate surface area is 148 Å². The van der Waals surface area contributed by atoms with Crippen LogP contribution in [0.15, 0.2) is 36.7 Å². The Morgan fingerprint density at radius 2 is 2.24 bits per heavy atom. The SMILES string of the molecule is CC(C)C(O)c1ccc2c(c1)CN(C(=O)CCn1cccn1)CCO2. The minimum Gasteiger partial charge on any atom is -0.491 e. The first-order chi connectivity index (χ1) is 12.0. The van der Waals surface area contributed by atoms with Crippen LogP contribution in [0.1, 0.15) is 37.5 Å². The van der Waals surface area contributed by atoms with Crippen molar-refractivity contribution in [3.05, 3.63) is 47.8 Å². The van der Waals surface area contributed by atoms with Gasteiger partial charge in [-0.2, -0.15) is 5.10 Å². The van der Waals surface area contributed by atoms with Crippen molar-refractivity contribution in [1.82, 2.24) is 14.7 Å². The maximum atomic E-state index is 12.6. The van der Waals surface area contributed by atoms with E-state index >= 15 is 0 Å². The van der Waals surface area contributed by atoms with Gasteiger partial charge in [-0.25, -0.2) is 0 Å². The molecule has 6 heteroatoms. The number of aliphatic hydroxyl groups excluding tert-OH is 1. The molecular formula is C19H25N3O3. The first-order valence-electron chi connectivity index (χ1n) is 8.73. The Hall–Kier alpha value is -2.34. The molecule has 1 aliphatic heterocycles. The average Bonchev–Trinajstić information content (AvgIpc) is 3.03. The van der Waals surface area contributed by atoms with E-state index in [1.807, 2.05) is 49.2 Å². The Balaban J connectivity index is 1.70. The molecule has 1 amide bonds. The Morgan fingerprint density at radius 3 is 2.96 bits per heavy atom. The number of carbonyl (C=O) groups excluding carboxylic acids is 1. The number of amides is 1. The van der Waals surface area contributed by atoms with Crippen LogP contribution >= 0.6 is 0 Å². The van der Waals surface area contributed by atoms with E-state index < -0.39 is 6.10 Å². The van der Waals surface area contributed by atoms with Crippen LogP contribution in [-0.4, -0.2) is 38.8 Å². The lowest BCUT2D eigenvalue weighted by Gasteiger charge is -2.21. The second-order valence-corrected chi connectivity index (χ2v) is 6.74. The minimum atomic E-state index is -0.516. The van der Waals surface area contributed by atoms with Crippen LogP contribution in [0.3, 0.4) is 0 Å². The number of ether oxygens (including phenoxy) is 1. The molecule has 1 N–H and O–H groups in total. The molecule has 0 saturated heterocycles. The molecule has 0 bridgehead atoms. The summed E-state index contributed by atoms with van der Waals surface area (Å²) in [5, 5.41) is 14.4. The summed E-state index contributed by atoms with van der Waals surface area (Å²) in [6, 6.07) is 7.60.